The molecule has 0 atom stereocenters. The Bertz CT molecular complexity index is 1260. The minimum absolute atomic E-state index is 0.0229. The predicted octanol–water partition coefficient (Wildman–Crippen LogP) is 6.30. The molecule has 0 saturated carbocycles. The summed E-state index contributed by atoms with van der Waals surface area (Å²) in [7, 11) is 0. The first kappa shape index (κ1) is 22.7. The number of amides is 1. The molecule has 0 saturated heterocycles. The van der Waals surface area contributed by atoms with Crippen LogP contribution in [0.4, 0.5) is 5.69 Å². The molecule has 0 aliphatic carbocycles. The van der Waals surface area contributed by atoms with Crippen LogP contribution in [0.15, 0.2) is 121 Å². The second-order valence-corrected chi connectivity index (χ2v) is 8.03. The van der Waals surface area contributed by atoms with Crippen molar-refractivity contribution in [1.82, 2.24) is 0 Å². The van der Waals surface area contributed by atoms with Crippen molar-refractivity contribution in [3.63, 3.8) is 0 Å². The van der Waals surface area contributed by atoms with Crippen LogP contribution in [-0.2, 0) is 9.59 Å². The SMILES string of the molecule is Cc1ccc(C(O)=C(C(=O)C(=O)Nc2ccccc2)C(c2ccccc2)c2ccccc2)cc1. The zero-order valence-electron chi connectivity index (χ0n) is 18.8. The molecule has 0 radical (unpaired) electrons. The van der Waals surface area contributed by atoms with Crippen molar-refractivity contribution in [1.29, 1.82) is 0 Å². The molecule has 4 rings (SSSR count). The van der Waals surface area contributed by atoms with Gasteiger partial charge in [0, 0.05) is 17.2 Å². The molecular formula is C30H25NO3. The summed E-state index contributed by atoms with van der Waals surface area (Å²) in [6, 6.07) is 34.9. The van der Waals surface area contributed by atoms with Crippen LogP contribution in [0.3, 0.4) is 0 Å². The fourth-order valence-corrected chi connectivity index (χ4v) is 3.89. The molecule has 4 aromatic carbocycles. The van der Waals surface area contributed by atoms with Crippen LogP contribution < -0.4 is 5.32 Å². The van der Waals surface area contributed by atoms with Gasteiger partial charge in [-0.25, -0.2) is 0 Å². The van der Waals surface area contributed by atoms with Gasteiger partial charge in [0.25, 0.3) is 11.7 Å². The molecule has 34 heavy (non-hydrogen) atoms. The molecule has 0 fully saturated rings. The van der Waals surface area contributed by atoms with E-state index in [9.17, 15) is 14.7 Å². The lowest BCUT2D eigenvalue weighted by Crippen LogP contribution is -2.28. The van der Waals surface area contributed by atoms with Crippen molar-refractivity contribution in [2.75, 3.05) is 5.32 Å². The molecule has 0 heterocycles. The number of para-hydroxylation sites is 1. The first-order chi connectivity index (χ1) is 16.5. The van der Waals surface area contributed by atoms with E-state index in [2.05, 4.69) is 5.32 Å². The van der Waals surface area contributed by atoms with Gasteiger partial charge in [0.05, 0.1) is 5.57 Å². The minimum Gasteiger partial charge on any atom is -0.507 e. The summed E-state index contributed by atoms with van der Waals surface area (Å²) in [5.41, 5.74) is 3.61. The summed E-state index contributed by atoms with van der Waals surface area (Å²) in [5, 5.41) is 14.1. The lowest BCUT2D eigenvalue weighted by molar-refractivity contribution is -0.132. The lowest BCUT2D eigenvalue weighted by Gasteiger charge is -2.22. The van der Waals surface area contributed by atoms with Crippen LogP contribution in [0.2, 0.25) is 0 Å². The van der Waals surface area contributed by atoms with E-state index in [4.69, 9.17) is 0 Å². The summed E-state index contributed by atoms with van der Waals surface area (Å²) >= 11 is 0. The molecule has 4 nitrogen and oxygen atoms in total. The summed E-state index contributed by atoms with van der Waals surface area (Å²) in [6.45, 7) is 1.95. The Balaban J connectivity index is 1.88. The molecule has 168 valence electrons. The quantitative estimate of drug-likeness (QED) is 0.198. The van der Waals surface area contributed by atoms with E-state index in [0.717, 1.165) is 16.7 Å². The molecule has 4 heteroatoms. The molecule has 1 amide bonds. The molecular weight excluding hydrogens is 422 g/mol. The molecule has 0 bridgehead atoms. The van der Waals surface area contributed by atoms with Gasteiger partial charge in [-0.05, 0) is 30.2 Å². The number of benzene rings is 4. The molecule has 0 aliphatic rings. The van der Waals surface area contributed by atoms with Gasteiger partial charge in [-0.1, -0.05) is 109 Å². The number of hydrogen-bond donors (Lipinski definition) is 2. The summed E-state index contributed by atoms with van der Waals surface area (Å²) in [5.74, 6) is -2.46. The first-order valence-electron chi connectivity index (χ1n) is 11.1. The normalized spacial score (nSPS) is 11.6. The molecule has 0 aliphatic heterocycles. The third-order valence-electron chi connectivity index (χ3n) is 5.62. The second kappa shape index (κ2) is 10.5. The van der Waals surface area contributed by atoms with Crippen LogP contribution in [0.25, 0.3) is 5.76 Å². The molecule has 0 aromatic heterocycles. The summed E-state index contributed by atoms with van der Waals surface area (Å²) in [4.78, 5) is 26.8. The fraction of sp³-hybridized carbons (Fsp3) is 0.0667. The number of nitrogens with one attached hydrogen (secondary N) is 1. The average Bonchev–Trinajstić information content (AvgIpc) is 2.88. The third-order valence-corrected chi connectivity index (χ3v) is 5.62. The maximum atomic E-state index is 13.7. The average molecular weight is 448 g/mol. The standard InChI is InChI=1S/C30H25NO3/c1-21-17-19-24(20-18-21)28(32)27(29(33)30(34)31-25-15-9-4-10-16-25)26(22-11-5-2-6-12-22)23-13-7-3-8-14-23/h2-20,26,32H,1H3,(H,31,34). The highest BCUT2D eigenvalue weighted by Gasteiger charge is 2.32. The number of hydrogen-bond acceptors (Lipinski definition) is 3. The van der Waals surface area contributed by atoms with Crippen molar-refractivity contribution in [3.05, 3.63) is 143 Å². The Labute approximate surface area is 199 Å². The van der Waals surface area contributed by atoms with E-state index >= 15 is 0 Å². The second-order valence-electron chi connectivity index (χ2n) is 8.03. The van der Waals surface area contributed by atoms with Crippen molar-refractivity contribution in [2.24, 2.45) is 0 Å². The van der Waals surface area contributed by atoms with E-state index in [0.29, 0.717) is 11.3 Å². The van der Waals surface area contributed by atoms with E-state index in [1.165, 1.54) is 0 Å². The first-order valence-corrected chi connectivity index (χ1v) is 11.1. The van der Waals surface area contributed by atoms with Crippen LogP contribution in [0.1, 0.15) is 28.2 Å². The number of Topliss-reactive ketones (excluding diaryl/α,β-unsaturated/α-hetero) is 1. The lowest BCUT2D eigenvalue weighted by atomic mass is 9.81. The number of aliphatic hydroxyl groups excluding tert-OH is 1. The zero-order valence-corrected chi connectivity index (χ0v) is 18.8. The summed E-state index contributed by atoms with van der Waals surface area (Å²) < 4.78 is 0. The zero-order chi connectivity index (χ0) is 23.9. The van der Waals surface area contributed by atoms with Gasteiger partial charge in [-0.2, -0.15) is 0 Å². The molecule has 0 unspecified atom stereocenters. The number of carbonyl (C=O) groups excluding carboxylic acids is 2. The Hall–Kier alpha value is -4.44. The maximum Gasteiger partial charge on any atom is 0.296 e. The van der Waals surface area contributed by atoms with Gasteiger partial charge in [0.2, 0.25) is 0 Å². The third kappa shape index (κ3) is 5.13. The van der Waals surface area contributed by atoms with Gasteiger partial charge in [-0.3, -0.25) is 9.59 Å². The molecule has 2 N–H and O–H groups in total. The highest BCUT2D eigenvalue weighted by molar-refractivity contribution is 6.47. The number of anilines is 1. The number of rotatable bonds is 7. The smallest absolute Gasteiger partial charge is 0.296 e. The van der Waals surface area contributed by atoms with E-state index in [1.807, 2.05) is 85.8 Å². The maximum absolute atomic E-state index is 13.7. The number of aliphatic hydroxyl groups is 1. The van der Waals surface area contributed by atoms with Crippen molar-refractivity contribution in [2.45, 2.75) is 12.8 Å². The Morgan fingerprint density at radius 2 is 1.15 bits per heavy atom. The highest BCUT2D eigenvalue weighted by atomic mass is 16.3. The van der Waals surface area contributed by atoms with Gasteiger partial charge in [-0.15, -0.1) is 0 Å². The Morgan fingerprint density at radius 3 is 1.65 bits per heavy atom. The largest absolute Gasteiger partial charge is 0.507 e. The van der Waals surface area contributed by atoms with E-state index in [1.54, 1.807) is 36.4 Å². The molecule has 4 aromatic rings. The van der Waals surface area contributed by atoms with Gasteiger partial charge in [0.15, 0.2) is 0 Å². The van der Waals surface area contributed by atoms with E-state index < -0.39 is 17.6 Å². The van der Waals surface area contributed by atoms with Crippen molar-refractivity contribution < 1.29 is 14.7 Å². The molecule has 0 spiro atoms. The van der Waals surface area contributed by atoms with Crippen LogP contribution >= 0.6 is 0 Å². The monoisotopic (exact) mass is 447 g/mol. The van der Waals surface area contributed by atoms with Gasteiger partial charge in [0.1, 0.15) is 5.76 Å². The van der Waals surface area contributed by atoms with Crippen molar-refractivity contribution in [3.8, 4) is 0 Å². The summed E-state index contributed by atoms with van der Waals surface area (Å²) in [6.07, 6.45) is 0. The minimum atomic E-state index is -0.809. The Kier molecular flexibility index (Phi) is 6.99. The topological polar surface area (TPSA) is 66.4 Å². The number of ketones is 1. The number of carbonyl (C=O) groups is 2. The highest BCUT2D eigenvalue weighted by Crippen LogP contribution is 2.36. The predicted molar refractivity (Wildman–Crippen MR) is 136 cm³/mol. The van der Waals surface area contributed by atoms with Crippen LogP contribution in [0, 0.1) is 6.92 Å². The van der Waals surface area contributed by atoms with Crippen molar-refractivity contribution >= 4 is 23.1 Å². The number of aryl methyl sites for hydroxylation is 1. The fourth-order valence-electron chi connectivity index (χ4n) is 3.89. The van der Waals surface area contributed by atoms with Crippen LogP contribution in [-0.4, -0.2) is 16.8 Å². The van der Waals surface area contributed by atoms with E-state index in [-0.39, 0.29) is 11.3 Å². The van der Waals surface area contributed by atoms with Crippen LogP contribution in [0.5, 0.6) is 0 Å². The van der Waals surface area contributed by atoms with Gasteiger partial charge < -0.3 is 10.4 Å². The Morgan fingerprint density at radius 1 is 0.676 bits per heavy atom. The van der Waals surface area contributed by atoms with Gasteiger partial charge >= 0.3 is 0 Å².